The van der Waals surface area contributed by atoms with Crippen LogP contribution in [0.15, 0.2) is 36.7 Å². The number of rotatable bonds is 6. The van der Waals surface area contributed by atoms with Crippen molar-refractivity contribution in [2.24, 2.45) is 0 Å². The van der Waals surface area contributed by atoms with Gasteiger partial charge >= 0.3 is 0 Å². The number of nitrogens with zero attached hydrogens (tertiary/aromatic N) is 1. The lowest BCUT2D eigenvalue weighted by Gasteiger charge is -2.21. The highest BCUT2D eigenvalue weighted by atomic mass is 19.1. The highest BCUT2D eigenvalue weighted by molar-refractivity contribution is 5.40. The molecule has 0 spiro atoms. The maximum Gasteiger partial charge on any atom is 0.146 e. The molecular weight excluding hydrogens is 267 g/mol. The summed E-state index contributed by atoms with van der Waals surface area (Å²) in [6.45, 7) is 4.89. The van der Waals surface area contributed by atoms with E-state index in [1.807, 2.05) is 25.1 Å². The van der Waals surface area contributed by atoms with Gasteiger partial charge in [0.1, 0.15) is 11.6 Å². The molecule has 1 aromatic heterocycles. The molecule has 0 aliphatic rings. The normalized spacial score (nSPS) is 12.2. The lowest BCUT2D eigenvalue weighted by molar-refractivity contribution is 0.411. The van der Waals surface area contributed by atoms with E-state index in [0.29, 0.717) is 5.56 Å². The average Bonchev–Trinajstić information content (AvgIpc) is 2.49. The summed E-state index contributed by atoms with van der Waals surface area (Å²) in [4.78, 5) is 3.82. The Morgan fingerprint density at radius 3 is 2.76 bits per heavy atom. The molecule has 3 nitrogen and oxygen atoms in total. The minimum atomic E-state index is -0.292. The van der Waals surface area contributed by atoms with Gasteiger partial charge in [0.05, 0.1) is 19.3 Å². The van der Waals surface area contributed by atoms with E-state index in [2.05, 4.69) is 17.2 Å². The number of methoxy groups -OCH3 is 1. The van der Waals surface area contributed by atoms with E-state index in [0.717, 1.165) is 29.8 Å². The number of nitrogens with one attached hydrogen (secondary N) is 1. The van der Waals surface area contributed by atoms with Crippen LogP contribution in [-0.4, -0.2) is 18.6 Å². The van der Waals surface area contributed by atoms with Crippen LogP contribution in [0, 0.1) is 12.7 Å². The first kappa shape index (κ1) is 15.4. The third-order valence-electron chi connectivity index (χ3n) is 3.47. The molecule has 0 fully saturated rings. The van der Waals surface area contributed by atoms with E-state index in [4.69, 9.17) is 4.74 Å². The van der Waals surface area contributed by atoms with E-state index in [-0.39, 0.29) is 11.9 Å². The van der Waals surface area contributed by atoms with E-state index in [1.165, 1.54) is 6.20 Å². The van der Waals surface area contributed by atoms with Crippen LogP contribution in [0.2, 0.25) is 0 Å². The Hall–Kier alpha value is -1.94. The molecule has 0 aliphatic heterocycles. The molecule has 1 N–H and O–H groups in total. The molecule has 0 radical (unpaired) electrons. The molecule has 1 heterocycles. The molecule has 4 heteroatoms. The van der Waals surface area contributed by atoms with Gasteiger partial charge in [0.25, 0.3) is 0 Å². The Morgan fingerprint density at radius 1 is 1.33 bits per heavy atom. The Kier molecular flexibility index (Phi) is 5.28. The summed E-state index contributed by atoms with van der Waals surface area (Å²) in [7, 11) is 1.65. The lowest BCUT2D eigenvalue weighted by atomic mass is 9.97. The van der Waals surface area contributed by atoms with Gasteiger partial charge in [-0.2, -0.15) is 0 Å². The number of hydrogen-bond acceptors (Lipinski definition) is 3. The van der Waals surface area contributed by atoms with E-state index in [9.17, 15) is 4.39 Å². The summed E-state index contributed by atoms with van der Waals surface area (Å²) in [5.74, 6) is 0.544. The summed E-state index contributed by atoms with van der Waals surface area (Å²) in [6.07, 6.45) is 3.86. The van der Waals surface area contributed by atoms with E-state index < -0.39 is 0 Å². The Bertz CT molecular complexity index is 601. The number of hydrogen-bond donors (Lipinski definition) is 1. The van der Waals surface area contributed by atoms with Crippen molar-refractivity contribution in [1.29, 1.82) is 0 Å². The molecule has 1 unspecified atom stereocenters. The standard InChI is InChI=1S/C17H21FN2O/c1-4-8-20-17(14-7-9-19-11-15(14)18)13-5-6-16(21-3)12(2)10-13/h5-7,9-11,17,20H,4,8H2,1-3H3. The number of ether oxygens (including phenoxy) is 1. The Balaban J connectivity index is 2.40. The largest absolute Gasteiger partial charge is 0.496 e. The van der Waals surface area contributed by atoms with Crippen molar-refractivity contribution < 1.29 is 9.13 Å². The fourth-order valence-electron chi connectivity index (χ4n) is 2.40. The van der Waals surface area contributed by atoms with E-state index >= 15 is 0 Å². The molecule has 0 aliphatic carbocycles. The van der Waals surface area contributed by atoms with Crippen LogP contribution >= 0.6 is 0 Å². The highest BCUT2D eigenvalue weighted by Gasteiger charge is 2.18. The van der Waals surface area contributed by atoms with Gasteiger partial charge in [0.15, 0.2) is 0 Å². The molecule has 1 atom stereocenters. The van der Waals surface area contributed by atoms with Gasteiger partial charge in [-0.1, -0.05) is 19.1 Å². The molecule has 0 amide bonds. The zero-order chi connectivity index (χ0) is 15.2. The van der Waals surface area contributed by atoms with Crippen LogP contribution in [-0.2, 0) is 0 Å². The quantitative estimate of drug-likeness (QED) is 0.881. The number of aromatic nitrogens is 1. The molecule has 2 aromatic rings. The van der Waals surface area contributed by atoms with Crippen molar-refractivity contribution in [1.82, 2.24) is 10.3 Å². The molecule has 0 saturated carbocycles. The minimum absolute atomic E-state index is 0.183. The predicted molar refractivity (Wildman–Crippen MR) is 82.1 cm³/mol. The van der Waals surface area contributed by atoms with Gasteiger partial charge in [-0.15, -0.1) is 0 Å². The molecule has 112 valence electrons. The van der Waals surface area contributed by atoms with E-state index in [1.54, 1.807) is 19.4 Å². The Labute approximate surface area is 125 Å². The van der Waals surface area contributed by atoms with Gasteiger partial charge in [0.2, 0.25) is 0 Å². The van der Waals surface area contributed by atoms with Crippen molar-refractivity contribution in [2.75, 3.05) is 13.7 Å². The molecule has 0 saturated heterocycles. The fraction of sp³-hybridized carbons (Fsp3) is 0.353. The SMILES string of the molecule is CCCNC(c1ccc(OC)c(C)c1)c1ccncc1F. The maximum absolute atomic E-state index is 14.1. The van der Waals surface area contributed by atoms with Crippen molar-refractivity contribution in [3.8, 4) is 5.75 Å². The third kappa shape index (κ3) is 3.58. The smallest absolute Gasteiger partial charge is 0.146 e. The monoisotopic (exact) mass is 288 g/mol. The summed E-state index contributed by atoms with van der Waals surface area (Å²) >= 11 is 0. The van der Waals surface area contributed by atoms with Gasteiger partial charge in [-0.05, 0) is 43.1 Å². The van der Waals surface area contributed by atoms with Crippen LogP contribution in [0.25, 0.3) is 0 Å². The van der Waals surface area contributed by atoms with Crippen molar-refractivity contribution >= 4 is 0 Å². The third-order valence-corrected chi connectivity index (χ3v) is 3.47. The molecule has 2 rings (SSSR count). The van der Waals surface area contributed by atoms with Gasteiger partial charge in [0, 0.05) is 11.8 Å². The minimum Gasteiger partial charge on any atom is -0.496 e. The number of pyridine rings is 1. The second kappa shape index (κ2) is 7.18. The second-order valence-electron chi connectivity index (χ2n) is 5.01. The fourth-order valence-corrected chi connectivity index (χ4v) is 2.40. The van der Waals surface area contributed by atoms with Crippen molar-refractivity contribution in [2.45, 2.75) is 26.3 Å². The van der Waals surface area contributed by atoms with Crippen molar-refractivity contribution in [3.05, 3.63) is 59.2 Å². The topological polar surface area (TPSA) is 34.1 Å². The molecular formula is C17H21FN2O. The summed E-state index contributed by atoms with van der Waals surface area (Å²) < 4.78 is 19.4. The summed E-state index contributed by atoms with van der Waals surface area (Å²) in [6, 6.07) is 7.47. The van der Waals surface area contributed by atoms with Gasteiger partial charge in [-0.25, -0.2) is 4.39 Å². The lowest BCUT2D eigenvalue weighted by Crippen LogP contribution is -2.24. The number of benzene rings is 1. The summed E-state index contributed by atoms with van der Waals surface area (Å²) in [5, 5.41) is 3.40. The summed E-state index contributed by atoms with van der Waals surface area (Å²) in [5.41, 5.74) is 2.67. The first-order valence-corrected chi connectivity index (χ1v) is 7.14. The molecule has 21 heavy (non-hydrogen) atoms. The van der Waals surface area contributed by atoms with Gasteiger partial charge < -0.3 is 10.1 Å². The first-order valence-electron chi connectivity index (χ1n) is 7.14. The van der Waals surface area contributed by atoms with Crippen LogP contribution < -0.4 is 10.1 Å². The molecule has 0 bridgehead atoms. The second-order valence-corrected chi connectivity index (χ2v) is 5.01. The highest BCUT2D eigenvalue weighted by Crippen LogP contribution is 2.28. The Morgan fingerprint density at radius 2 is 2.14 bits per heavy atom. The number of halogens is 1. The molecule has 1 aromatic carbocycles. The van der Waals surface area contributed by atoms with Crippen LogP contribution in [0.4, 0.5) is 4.39 Å². The van der Waals surface area contributed by atoms with Crippen LogP contribution in [0.1, 0.15) is 36.1 Å². The zero-order valence-electron chi connectivity index (χ0n) is 12.7. The van der Waals surface area contributed by atoms with Gasteiger partial charge in [-0.3, -0.25) is 4.98 Å². The van der Waals surface area contributed by atoms with Crippen LogP contribution in [0.5, 0.6) is 5.75 Å². The van der Waals surface area contributed by atoms with Crippen molar-refractivity contribution in [3.63, 3.8) is 0 Å². The zero-order valence-corrected chi connectivity index (χ0v) is 12.7. The predicted octanol–water partition coefficient (Wildman–Crippen LogP) is 3.63. The maximum atomic E-state index is 14.1. The number of aryl methyl sites for hydroxylation is 1. The van der Waals surface area contributed by atoms with Crippen LogP contribution in [0.3, 0.4) is 0 Å². The first-order chi connectivity index (χ1) is 10.2. The average molecular weight is 288 g/mol.